The summed E-state index contributed by atoms with van der Waals surface area (Å²) >= 11 is 0. The maximum absolute atomic E-state index is 11.9. The lowest BCUT2D eigenvalue weighted by atomic mass is 10.0. The molecule has 1 aromatic carbocycles. The smallest absolute Gasteiger partial charge is 0.238 e. The van der Waals surface area contributed by atoms with Crippen molar-refractivity contribution in [1.82, 2.24) is 4.90 Å². The fourth-order valence-electron chi connectivity index (χ4n) is 2.39. The minimum absolute atomic E-state index is 0.0364. The van der Waals surface area contributed by atoms with Crippen LogP contribution in [-0.2, 0) is 4.79 Å². The molecule has 3 N–H and O–H groups in total. The molecule has 1 atom stereocenters. The molecule has 1 aliphatic heterocycles. The standard InChI is InChI=1S/C14H21N3O/c1-11-5-2-3-8-17(11)10-14(18)16-13-7-4-6-12(15)9-13/h4,6-7,9,11H,2-3,5,8,10,15H2,1H3,(H,16,18). The molecule has 0 bridgehead atoms. The molecule has 0 spiro atoms. The average molecular weight is 247 g/mol. The maximum atomic E-state index is 11.9. The van der Waals surface area contributed by atoms with Crippen LogP contribution >= 0.6 is 0 Å². The summed E-state index contributed by atoms with van der Waals surface area (Å²) in [5.41, 5.74) is 7.11. The molecule has 0 radical (unpaired) electrons. The lowest BCUT2D eigenvalue weighted by Crippen LogP contribution is -2.42. The van der Waals surface area contributed by atoms with Crippen LogP contribution < -0.4 is 11.1 Å². The van der Waals surface area contributed by atoms with Gasteiger partial charge in [-0.1, -0.05) is 12.5 Å². The molecule has 1 heterocycles. The van der Waals surface area contributed by atoms with Crippen molar-refractivity contribution in [2.75, 3.05) is 24.1 Å². The fraction of sp³-hybridized carbons (Fsp3) is 0.500. The first-order valence-electron chi connectivity index (χ1n) is 6.54. The van der Waals surface area contributed by atoms with E-state index in [0.29, 0.717) is 18.3 Å². The highest BCUT2D eigenvalue weighted by Gasteiger charge is 2.20. The van der Waals surface area contributed by atoms with Gasteiger partial charge in [0.1, 0.15) is 0 Å². The third-order valence-electron chi connectivity index (χ3n) is 3.46. The third-order valence-corrected chi connectivity index (χ3v) is 3.46. The van der Waals surface area contributed by atoms with E-state index in [-0.39, 0.29) is 5.91 Å². The van der Waals surface area contributed by atoms with E-state index in [2.05, 4.69) is 17.1 Å². The zero-order chi connectivity index (χ0) is 13.0. The van der Waals surface area contributed by atoms with Crippen molar-refractivity contribution in [2.24, 2.45) is 0 Å². The monoisotopic (exact) mass is 247 g/mol. The highest BCUT2D eigenvalue weighted by molar-refractivity contribution is 5.92. The summed E-state index contributed by atoms with van der Waals surface area (Å²) in [6, 6.07) is 7.78. The predicted octanol–water partition coefficient (Wildman–Crippen LogP) is 2.08. The van der Waals surface area contributed by atoms with Gasteiger partial charge in [0.2, 0.25) is 5.91 Å². The average Bonchev–Trinajstić information content (AvgIpc) is 2.32. The van der Waals surface area contributed by atoms with Crippen molar-refractivity contribution in [3.05, 3.63) is 24.3 Å². The number of amides is 1. The first-order valence-corrected chi connectivity index (χ1v) is 6.54. The Labute approximate surface area is 108 Å². The molecular weight excluding hydrogens is 226 g/mol. The molecule has 1 amide bonds. The highest BCUT2D eigenvalue weighted by atomic mass is 16.2. The molecule has 1 aromatic rings. The van der Waals surface area contributed by atoms with Gasteiger partial charge >= 0.3 is 0 Å². The normalized spacial score (nSPS) is 20.6. The van der Waals surface area contributed by atoms with Crippen LogP contribution in [0.3, 0.4) is 0 Å². The van der Waals surface area contributed by atoms with Crippen molar-refractivity contribution in [3.63, 3.8) is 0 Å². The molecule has 4 heteroatoms. The number of carbonyl (C=O) groups is 1. The number of hydrogen-bond donors (Lipinski definition) is 2. The van der Waals surface area contributed by atoms with Crippen LogP contribution in [0.2, 0.25) is 0 Å². The Morgan fingerprint density at radius 1 is 1.50 bits per heavy atom. The maximum Gasteiger partial charge on any atom is 0.238 e. The number of rotatable bonds is 3. The Hall–Kier alpha value is -1.55. The lowest BCUT2D eigenvalue weighted by molar-refractivity contribution is -0.118. The topological polar surface area (TPSA) is 58.4 Å². The van der Waals surface area contributed by atoms with Crippen molar-refractivity contribution in [3.8, 4) is 0 Å². The fourth-order valence-corrected chi connectivity index (χ4v) is 2.39. The van der Waals surface area contributed by atoms with Crippen molar-refractivity contribution in [1.29, 1.82) is 0 Å². The van der Waals surface area contributed by atoms with Gasteiger partial charge in [-0.05, 0) is 44.5 Å². The van der Waals surface area contributed by atoms with E-state index in [9.17, 15) is 4.79 Å². The van der Waals surface area contributed by atoms with E-state index in [1.54, 1.807) is 6.07 Å². The summed E-state index contributed by atoms with van der Waals surface area (Å²) in [5, 5.41) is 2.89. The number of hydrogen-bond acceptors (Lipinski definition) is 3. The number of nitrogens with one attached hydrogen (secondary N) is 1. The summed E-state index contributed by atoms with van der Waals surface area (Å²) in [5.74, 6) is 0.0364. The van der Waals surface area contributed by atoms with Gasteiger partial charge in [0.15, 0.2) is 0 Å². The van der Waals surface area contributed by atoms with E-state index in [1.807, 2.05) is 18.2 Å². The van der Waals surface area contributed by atoms with Crippen molar-refractivity contribution >= 4 is 17.3 Å². The van der Waals surface area contributed by atoms with Gasteiger partial charge in [-0.25, -0.2) is 0 Å². The Morgan fingerprint density at radius 2 is 2.33 bits per heavy atom. The molecule has 1 saturated heterocycles. The molecule has 0 aromatic heterocycles. The van der Waals surface area contributed by atoms with Gasteiger partial charge in [0.05, 0.1) is 6.54 Å². The number of benzene rings is 1. The van der Waals surface area contributed by atoms with E-state index in [1.165, 1.54) is 19.3 Å². The van der Waals surface area contributed by atoms with Gasteiger partial charge in [0, 0.05) is 17.4 Å². The van der Waals surface area contributed by atoms with Crippen LogP contribution in [0.5, 0.6) is 0 Å². The molecule has 0 aliphatic carbocycles. The van der Waals surface area contributed by atoms with Gasteiger partial charge in [-0.2, -0.15) is 0 Å². The molecule has 98 valence electrons. The Morgan fingerprint density at radius 3 is 3.06 bits per heavy atom. The number of likely N-dealkylation sites (tertiary alicyclic amines) is 1. The first kappa shape index (κ1) is 12.9. The summed E-state index contributed by atoms with van der Waals surface area (Å²) in [6.07, 6.45) is 3.65. The number of nitrogen functional groups attached to an aromatic ring is 1. The van der Waals surface area contributed by atoms with Crippen LogP contribution in [0.15, 0.2) is 24.3 Å². The minimum atomic E-state index is 0.0364. The second-order valence-corrected chi connectivity index (χ2v) is 4.99. The van der Waals surface area contributed by atoms with Gasteiger partial charge in [-0.15, -0.1) is 0 Å². The Kier molecular flexibility index (Phi) is 4.20. The second-order valence-electron chi connectivity index (χ2n) is 4.99. The van der Waals surface area contributed by atoms with Gasteiger partial charge < -0.3 is 11.1 Å². The lowest BCUT2D eigenvalue weighted by Gasteiger charge is -2.32. The summed E-state index contributed by atoms with van der Waals surface area (Å²) in [6.45, 7) is 3.68. The van der Waals surface area contributed by atoms with Gasteiger partial charge in [-0.3, -0.25) is 9.69 Å². The molecule has 0 saturated carbocycles. The zero-order valence-corrected chi connectivity index (χ0v) is 10.9. The number of piperidine rings is 1. The van der Waals surface area contributed by atoms with Crippen LogP contribution in [0.4, 0.5) is 11.4 Å². The minimum Gasteiger partial charge on any atom is -0.399 e. The molecule has 18 heavy (non-hydrogen) atoms. The third kappa shape index (κ3) is 3.47. The van der Waals surface area contributed by atoms with E-state index in [4.69, 9.17) is 5.73 Å². The highest BCUT2D eigenvalue weighted by Crippen LogP contribution is 2.16. The molecule has 1 fully saturated rings. The molecule has 4 nitrogen and oxygen atoms in total. The summed E-state index contributed by atoms with van der Waals surface area (Å²) < 4.78 is 0. The molecule has 1 unspecified atom stereocenters. The number of nitrogens with two attached hydrogens (primary N) is 1. The van der Waals surface area contributed by atoms with E-state index in [0.717, 1.165) is 12.2 Å². The molecule has 2 rings (SSSR count). The van der Waals surface area contributed by atoms with Crippen LogP contribution in [0.1, 0.15) is 26.2 Å². The van der Waals surface area contributed by atoms with Crippen LogP contribution in [0, 0.1) is 0 Å². The number of anilines is 2. The number of nitrogens with zero attached hydrogens (tertiary/aromatic N) is 1. The quantitative estimate of drug-likeness (QED) is 0.804. The van der Waals surface area contributed by atoms with Crippen molar-refractivity contribution < 1.29 is 4.79 Å². The SMILES string of the molecule is CC1CCCCN1CC(=O)Nc1cccc(N)c1. The van der Waals surface area contributed by atoms with Crippen LogP contribution in [-0.4, -0.2) is 29.9 Å². The Balaban J connectivity index is 1.88. The Bertz CT molecular complexity index is 419. The van der Waals surface area contributed by atoms with Crippen LogP contribution in [0.25, 0.3) is 0 Å². The zero-order valence-electron chi connectivity index (χ0n) is 10.9. The van der Waals surface area contributed by atoms with Crippen molar-refractivity contribution in [2.45, 2.75) is 32.2 Å². The van der Waals surface area contributed by atoms with Gasteiger partial charge in [0.25, 0.3) is 0 Å². The molecule has 1 aliphatic rings. The number of carbonyl (C=O) groups excluding carboxylic acids is 1. The first-order chi connectivity index (χ1) is 8.65. The summed E-state index contributed by atoms with van der Waals surface area (Å²) in [4.78, 5) is 14.2. The second kappa shape index (κ2) is 5.87. The van der Waals surface area contributed by atoms with E-state index >= 15 is 0 Å². The molecular formula is C14H21N3O. The van der Waals surface area contributed by atoms with E-state index < -0.39 is 0 Å². The summed E-state index contributed by atoms with van der Waals surface area (Å²) in [7, 11) is 0. The predicted molar refractivity (Wildman–Crippen MR) is 74.4 cm³/mol. The largest absolute Gasteiger partial charge is 0.399 e.